The molecule has 4 aromatic carbocycles. The molecule has 0 unspecified atom stereocenters. The van der Waals surface area contributed by atoms with Crippen LogP contribution >= 0.6 is 11.3 Å². The van der Waals surface area contributed by atoms with Gasteiger partial charge in [0.05, 0.1) is 35.1 Å². The molecule has 0 spiro atoms. The minimum absolute atomic E-state index is 0.122. The third-order valence-corrected chi connectivity index (χ3v) is 8.42. The molecule has 2 heterocycles. The summed E-state index contributed by atoms with van der Waals surface area (Å²) in [5.74, 6) is -0.401. The first kappa shape index (κ1) is 31.6. The van der Waals surface area contributed by atoms with E-state index in [2.05, 4.69) is 0 Å². The van der Waals surface area contributed by atoms with Gasteiger partial charge in [-0.2, -0.15) is 0 Å². The number of carbonyl (C=O) groups excluding carboxylic acids is 1. The van der Waals surface area contributed by atoms with Crippen molar-refractivity contribution in [3.63, 3.8) is 0 Å². The Morgan fingerprint density at radius 1 is 0.872 bits per heavy atom. The molecule has 0 aliphatic carbocycles. The third-order valence-electron chi connectivity index (χ3n) is 7.43. The van der Waals surface area contributed by atoms with E-state index in [-0.39, 0.29) is 30.2 Å². The highest BCUT2D eigenvalue weighted by Gasteiger charge is 2.35. The van der Waals surface area contributed by atoms with Crippen LogP contribution in [-0.2, 0) is 16.1 Å². The first-order chi connectivity index (χ1) is 22.9. The van der Waals surface area contributed by atoms with Gasteiger partial charge in [0, 0.05) is 5.56 Å². The Bertz CT molecular complexity index is 2120. The minimum Gasteiger partial charge on any atom is -0.490 e. The largest absolute Gasteiger partial charge is 0.490 e. The van der Waals surface area contributed by atoms with Gasteiger partial charge in [0.2, 0.25) is 0 Å². The molecule has 0 bridgehead atoms. The predicted octanol–water partition coefficient (Wildman–Crippen LogP) is 6.19. The van der Waals surface area contributed by atoms with Crippen molar-refractivity contribution in [2.45, 2.75) is 26.5 Å². The Morgan fingerprint density at radius 3 is 2.26 bits per heavy atom. The molecule has 0 amide bonds. The number of ether oxygens (including phenoxy) is 3. The van der Waals surface area contributed by atoms with E-state index in [4.69, 9.17) is 19.2 Å². The molecule has 0 fully saturated rings. The van der Waals surface area contributed by atoms with Crippen molar-refractivity contribution in [3.8, 4) is 11.5 Å². The van der Waals surface area contributed by atoms with E-state index in [1.165, 1.54) is 40.2 Å². The van der Waals surface area contributed by atoms with Gasteiger partial charge in [-0.3, -0.25) is 9.36 Å². The Hall–Kier alpha value is -5.35. The van der Waals surface area contributed by atoms with Crippen LogP contribution in [0.5, 0.6) is 11.5 Å². The zero-order valence-electron chi connectivity index (χ0n) is 25.6. The highest BCUT2D eigenvalue weighted by atomic mass is 32.1. The highest BCUT2D eigenvalue weighted by Crippen LogP contribution is 2.35. The minimum atomic E-state index is -0.913. The van der Waals surface area contributed by atoms with Gasteiger partial charge in [-0.15, -0.1) is 0 Å². The van der Waals surface area contributed by atoms with Gasteiger partial charge in [-0.05, 0) is 73.0 Å². The average Bonchev–Trinajstić information content (AvgIpc) is 3.39. The van der Waals surface area contributed by atoms with Crippen LogP contribution < -0.4 is 24.4 Å². The van der Waals surface area contributed by atoms with E-state index >= 15 is 0 Å². The summed E-state index contributed by atoms with van der Waals surface area (Å²) in [4.78, 5) is 32.9. The Balaban J connectivity index is 1.47. The molecule has 1 aromatic heterocycles. The molecule has 10 heteroatoms. The van der Waals surface area contributed by atoms with Crippen LogP contribution in [0.15, 0.2) is 112 Å². The Kier molecular flexibility index (Phi) is 9.40. The summed E-state index contributed by atoms with van der Waals surface area (Å²) in [6.07, 6.45) is 1.73. The molecule has 1 aliphatic heterocycles. The number of aromatic nitrogens is 1. The highest BCUT2D eigenvalue weighted by molar-refractivity contribution is 7.07. The van der Waals surface area contributed by atoms with Crippen LogP contribution in [0.4, 0.5) is 8.78 Å². The summed E-state index contributed by atoms with van der Waals surface area (Å²) in [6, 6.07) is 25.4. The number of fused-ring (bicyclic) bond motifs is 1. The van der Waals surface area contributed by atoms with Gasteiger partial charge in [0.25, 0.3) is 5.56 Å². The average molecular weight is 653 g/mol. The number of halogens is 2. The second-order valence-corrected chi connectivity index (χ2v) is 11.5. The van der Waals surface area contributed by atoms with Crippen molar-refractivity contribution >= 4 is 29.1 Å². The summed E-state index contributed by atoms with van der Waals surface area (Å²) in [6.45, 7) is 4.29. The Morgan fingerprint density at radius 2 is 1.57 bits per heavy atom. The standard InChI is InChI=1S/C37H30F2N2O5S/c1-3-44-30-20-24(12-19-29(30)46-22-23-10-15-27(38)16-11-23)21-31-35(42)41-34(26-13-17-28(39)18-14-26)32(36(43)45-4-2)33(40-37(41)47-31)25-8-6-5-7-9-25/h5-21,34H,3-4,22H2,1-2H3/b31-21-/t34-/m1/s1. The van der Waals surface area contributed by atoms with Crippen LogP contribution in [0, 0.1) is 11.6 Å². The second-order valence-electron chi connectivity index (χ2n) is 10.5. The maximum atomic E-state index is 14.1. The molecule has 0 N–H and O–H groups in total. The molecular formula is C37H30F2N2O5S. The lowest BCUT2D eigenvalue weighted by molar-refractivity contribution is -0.138. The summed E-state index contributed by atoms with van der Waals surface area (Å²) in [5.41, 5.74) is 2.89. The van der Waals surface area contributed by atoms with Crippen molar-refractivity contribution in [2.24, 2.45) is 4.99 Å². The fraction of sp³-hybridized carbons (Fsp3) is 0.162. The van der Waals surface area contributed by atoms with Crippen molar-refractivity contribution in [3.05, 3.63) is 156 Å². The van der Waals surface area contributed by atoms with Gasteiger partial charge in [-0.25, -0.2) is 18.6 Å². The number of thiazole rings is 1. The van der Waals surface area contributed by atoms with Crippen molar-refractivity contribution in [1.29, 1.82) is 0 Å². The molecular weight excluding hydrogens is 622 g/mol. The molecule has 0 radical (unpaired) electrons. The van der Waals surface area contributed by atoms with E-state index in [0.29, 0.717) is 49.8 Å². The molecule has 0 saturated carbocycles. The number of esters is 1. The first-order valence-corrected chi connectivity index (χ1v) is 15.9. The van der Waals surface area contributed by atoms with Crippen LogP contribution in [-0.4, -0.2) is 23.8 Å². The normalized spacial score (nSPS) is 14.4. The van der Waals surface area contributed by atoms with E-state index in [0.717, 1.165) is 5.56 Å². The predicted molar refractivity (Wildman–Crippen MR) is 176 cm³/mol. The Labute approximate surface area is 273 Å². The van der Waals surface area contributed by atoms with Crippen LogP contribution in [0.2, 0.25) is 0 Å². The fourth-order valence-electron chi connectivity index (χ4n) is 5.30. The molecule has 1 aliphatic rings. The van der Waals surface area contributed by atoms with E-state index in [9.17, 15) is 18.4 Å². The zero-order chi connectivity index (χ0) is 32.9. The number of nitrogens with zero attached hydrogens (tertiary/aromatic N) is 2. The summed E-state index contributed by atoms with van der Waals surface area (Å²) in [7, 11) is 0. The van der Waals surface area contributed by atoms with Crippen LogP contribution in [0.3, 0.4) is 0 Å². The fourth-order valence-corrected chi connectivity index (χ4v) is 6.30. The topological polar surface area (TPSA) is 79.1 Å². The van der Waals surface area contributed by atoms with Crippen molar-refractivity contribution in [2.75, 3.05) is 13.2 Å². The number of hydrogen-bond donors (Lipinski definition) is 0. The van der Waals surface area contributed by atoms with Gasteiger partial charge in [-0.1, -0.05) is 72.0 Å². The lowest BCUT2D eigenvalue weighted by Crippen LogP contribution is -2.40. The van der Waals surface area contributed by atoms with Crippen LogP contribution in [0.25, 0.3) is 11.8 Å². The molecule has 238 valence electrons. The van der Waals surface area contributed by atoms with Crippen molar-refractivity contribution in [1.82, 2.24) is 4.57 Å². The lowest BCUT2D eigenvalue weighted by Gasteiger charge is -2.25. The van der Waals surface area contributed by atoms with E-state index < -0.39 is 17.8 Å². The second kappa shape index (κ2) is 14.0. The van der Waals surface area contributed by atoms with E-state index in [1.807, 2.05) is 37.3 Å². The molecule has 0 saturated heterocycles. The number of benzene rings is 4. The molecule has 5 aromatic rings. The molecule has 6 rings (SSSR count). The maximum Gasteiger partial charge on any atom is 0.338 e. The van der Waals surface area contributed by atoms with Gasteiger partial charge < -0.3 is 14.2 Å². The third kappa shape index (κ3) is 6.78. The summed E-state index contributed by atoms with van der Waals surface area (Å²) >= 11 is 1.18. The molecule has 1 atom stereocenters. The quantitative estimate of drug-likeness (QED) is 0.168. The summed E-state index contributed by atoms with van der Waals surface area (Å²) < 4.78 is 46.5. The molecule has 47 heavy (non-hydrogen) atoms. The first-order valence-electron chi connectivity index (χ1n) is 15.0. The van der Waals surface area contributed by atoms with Gasteiger partial charge >= 0.3 is 5.97 Å². The van der Waals surface area contributed by atoms with Gasteiger partial charge in [0.15, 0.2) is 16.3 Å². The smallest absolute Gasteiger partial charge is 0.338 e. The number of carbonyl (C=O) groups is 1. The summed E-state index contributed by atoms with van der Waals surface area (Å²) in [5, 5.41) is 0. The number of hydrogen-bond acceptors (Lipinski definition) is 7. The SMILES string of the molecule is CCOC(=O)C1=C(c2ccccc2)N=c2s/c(=C\c3ccc(OCc4ccc(F)cc4)c(OCC)c3)c(=O)n2[C@@H]1c1ccc(F)cc1. The lowest BCUT2D eigenvalue weighted by atomic mass is 9.93. The monoisotopic (exact) mass is 652 g/mol. The maximum absolute atomic E-state index is 14.1. The van der Waals surface area contributed by atoms with Gasteiger partial charge in [0.1, 0.15) is 18.2 Å². The van der Waals surface area contributed by atoms with Crippen LogP contribution in [0.1, 0.15) is 42.1 Å². The number of rotatable bonds is 10. The zero-order valence-corrected chi connectivity index (χ0v) is 26.4. The van der Waals surface area contributed by atoms with E-state index in [1.54, 1.807) is 55.5 Å². The molecule has 7 nitrogen and oxygen atoms in total. The van der Waals surface area contributed by atoms with Crippen molar-refractivity contribution < 1.29 is 27.8 Å².